The highest BCUT2D eigenvalue weighted by Crippen LogP contribution is 2.18. The molecule has 0 spiro atoms. The van der Waals surface area contributed by atoms with Crippen molar-refractivity contribution in [2.24, 2.45) is 0 Å². The van der Waals surface area contributed by atoms with Crippen LogP contribution in [-0.2, 0) is 19.9 Å². The lowest BCUT2D eigenvalue weighted by Crippen LogP contribution is -2.35. The molecule has 0 aliphatic carbocycles. The number of amides is 1. The Morgan fingerprint density at radius 1 is 1.06 bits per heavy atom. The zero-order chi connectivity index (χ0) is 22.1. The topological polar surface area (TPSA) is 153 Å². The molecule has 1 aromatic heterocycles. The van der Waals surface area contributed by atoms with Crippen molar-refractivity contribution in [3.8, 4) is 5.69 Å². The minimum atomic E-state index is -3.89. The molecule has 1 fully saturated rings. The Balaban J connectivity index is 1.41. The summed E-state index contributed by atoms with van der Waals surface area (Å²) < 4.78 is 51.9. The molecule has 31 heavy (non-hydrogen) atoms. The Kier molecular flexibility index (Phi) is 5.56. The van der Waals surface area contributed by atoms with E-state index < -0.39 is 31.8 Å². The second-order valence-electron chi connectivity index (χ2n) is 7.00. The maximum Gasteiger partial charge on any atom is 0.255 e. The molecular formula is C18H18N6O5S2. The number of benzene rings is 2. The quantitative estimate of drug-likeness (QED) is 0.533. The maximum atomic E-state index is 12.5. The minimum Gasteiger partial charge on any atom is -0.322 e. The van der Waals surface area contributed by atoms with E-state index in [9.17, 15) is 21.6 Å². The molecule has 2 heterocycles. The molecule has 1 amide bonds. The Labute approximate surface area is 178 Å². The zero-order valence-electron chi connectivity index (χ0n) is 16.0. The van der Waals surface area contributed by atoms with E-state index in [1.165, 1.54) is 35.3 Å². The number of hydrogen-bond donors (Lipinski definition) is 2. The Morgan fingerprint density at radius 2 is 1.77 bits per heavy atom. The number of carbonyl (C=O) groups excluding carboxylic acids is 1. The molecule has 13 heteroatoms. The van der Waals surface area contributed by atoms with Gasteiger partial charge in [-0.15, -0.1) is 5.10 Å². The normalized spacial score (nSPS) is 18.0. The average molecular weight is 463 g/mol. The monoisotopic (exact) mass is 462 g/mol. The van der Waals surface area contributed by atoms with Crippen LogP contribution in [0.3, 0.4) is 0 Å². The van der Waals surface area contributed by atoms with Gasteiger partial charge >= 0.3 is 0 Å². The maximum absolute atomic E-state index is 12.5. The van der Waals surface area contributed by atoms with E-state index in [1.54, 1.807) is 24.3 Å². The summed E-state index contributed by atoms with van der Waals surface area (Å²) in [5.41, 5.74) is 1.54. The summed E-state index contributed by atoms with van der Waals surface area (Å²) in [5.74, 6) is -0.650. The Bertz CT molecular complexity index is 1290. The van der Waals surface area contributed by atoms with E-state index in [1.807, 2.05) is 0 Å². The first-order valence-corrected chi connectivity index (χ1v) is 12.5. The van der Waals surface area contributed by atoms with Crippen LogP contribution in [0.4, 0.5) is 5.69 Å². The highest BCUT2D eigenvalue weighted by Gasteiger charge is 2.31. The summed E-state index contributed by atoms with van der Waals surface area (Å²) in [7, 11) is -7.09. The van der Waals surface area contributed by atoms with Gasteiger partial charge < -0.3 is 5.32 Å². The van der Waals surface area contributed by atoms with Gasteiger partial charge in [0.1, 0.15) is 6.33 Å². The van der Waals surface area contributed by atoms with E-state index in [2.05, 4.69) is 25.6 Å². The van der Waals surface area contributed by atoms with Crippen LogP contribution in [-0.4, -0.2) is 60.5 Å². The van der Waals surface area contributed by atoms with E-state index in [0.29, 0.717) is 5.69 Å². The van der Waals surface area contributed by atoms with Crippen LogP contribution in [0.25, 0.3) is 5.69 Å². The molecule has 0 bridgehead atoms. The molecule has 3 aromatic rings. The third-order valence-corrected chi connectivity index (χ3v) is 8.02. The van der Waals surface area contributed by atoms with Crippen LogP contribution in [0.15, 0.2) is 59.8 Å². The molecule has 1 atom stereocenters. The molecule has 0 radical (unpaired) electrons. The lowest BCUT2D eigenvalue weighted by atomic mass is 10.2. The van der Waals surface area contributed by atoms with Crippen LogP contribution in [0.2, 0.25) is 0 Å². The van der Waals surface area contributed by atoms with Crippen molar-refractivity contribution < 1.29 is 21.6 Å². The van der Waals surface area contributed by atoms with Crippen LogP contribution in [0.1, 0.15) is 16.8 Å². The molecule has 1 aliphatic rings. The molecule has 1 saturated heterocycles. The van der Waals surface area contributed by atoms with E-state index in [4.69, 9.17) is 0 Å². The van der Waals surface area contributed by atoms with E-state index in [-0.39, 0.29) is 28.4 Å². The largest absolute Gasteiger partial charge is 0.322 e. The van der Waals surface area contributed by atoms with Gasteiger partial charge in [0.05, 0.1) is 22.1 Å². The average Bonchev–Trinajstić information content (AvgIpc) is 3.38. The first-order chi connectivity index (χ1) is 14.7. The fourth-order valence-electron chi connectivity index (χ4n) is 3.14. The smallest absolute Gasteiger partial charge is 0.255 e. The fourth-order valence-corrected chi connectivity index (χ4v) is 6.19. The van der Waals surface area contributed by atoms with Gasteiger partial charge in [-0.25, -0.2) is 26.2 Å². The van der Waals surface area contributed by atoms with Gasteiger partial charge in [0.25, 0.3) is 5.91 Å². The third kappa shape index (κ3) is 4.95. The van der Waals surface area contributed by atoms with Crippen LogP contribution in [0, 0.1) is 0 Å². The number of tetrazole rings is 1. The second kappa shape index (κ2) is 8.17. The number of aromatic nitrogens is 4. The molecule has 11 nitrogen and oxygen atoms in total. The lowest BCUT2D eigenvalue weighted by molar-refractivity contribution is 0.102. The summed E-state index contributed by atoms with van der Waals surface area (Å²) in [6, 6.07) is 11.6. The molecule has 2 N–H and O–H groups in total. The number of rotatable bonds is 6. The van der Waals surface area contributed by atoms with Crippen molar-refractivity contribution >= 4 is 31.5 Å². The zero-order valence-corrected chi connectivity index (χ0v) is 17.7. The van der Waals surface area contributed by atoms with Gasteiger partial charge in [-0.2, -0.15) is 0 Å². The Morgan fingerprint density at radius 3 is 2.35 bits per heavy atom. The molecule has 0 saturated carbocycles. The molecule has 4 rings (SSSR count). The highest BCUT2D eigenvalue weighted by molar-refractivity contribution is 7.92. The standard InChI is InChI=1S/C18H18N6O5S2/c25-18(20-14-3-5-16(6-4-14)24-12-19-22-23-24)13-1-7-17(8-2-13)31(28,29)21-15-9-10-30(26,27)11-15/h1-8,12,15,21H,9-11H2,(H,20,25). The number of anilines is 1. The summed E-state index contributed by atoms with van der Waals surface area (Å²) >= 11 is 0. The van der Waals surface area contributed by atoms with Crippen molar-refractivity contribution in [2.75, 3.05) is 16.8 Å². The third-order valence-electron chi connectivity index (χ3n) is 4.72. The number of sulfone groups is 1. The number of nitrogens with one attached hydrogen (secondary N) is 2. The lowest BCUT2D eigenvalue weighted by Gasteiger charge is -2.12. The summed E-state index contributed by atoms with van der Waals surface area (Å²) in [4.78, 5) is 12.4. The van der Waals surface area contributed by atoms with Gasteiger partial charge in [0.15, 0.2) is 9.84 Å². The van der Waals surface area contributed by atoms with Gasteiger partial charge in [-0.1, -0.05) is 0 Å². The number of hydrogen-bond acceptors (Lipinski definition) is 8. The van der Waals surface area contributed by atoms with Gasteiger partial charge in [-0.05, 0) is 65.4 Å². The molecular weight excluding hydrogens is 444 g/mol. The summed E-state index contributed by atoms with van der Waals surface area (Å²) in [6.07, 6.45) is 1.69. The van der Waals surface area contributed by atoms with Crippen LogP contribution in [0.5, 0.6) is 0 Å². The van der Waals surface area contributed by atoms with Crippen molar-refractivity contribution in [1.29, 1.82) is 0 Å². The van der Waals surface area contributed by atoms with Crippen LogP contribution < -0.4 is 10.0 Å². The van der Waals surface area contributed by atoms with Gasteiger partial charge in [0.2, 0.25) is 10.0 Å². The van der Waals surface area contributed by atoms with Gasteiger partial charge in [0, 0.05) is 17.3 Å². The number of carbonyl (C=O) groups is 1. The molecule has 162 valence electrons. The first kappa shape index (κ1) is 21.1. The van der Waals surface area contributed by atoms with Crippen molar-refractivity contribution in [1.82, 2.24) is 24.9 Å². The molecule has 2 aromatic carbocycles. The number of nitrogens with zero attached hydrogens (tertiary/aromatic N) is 4. The van der Waals surface area contributed by atoms with Crippen molar-refractivity contribution in [3.63, 3.8) is 0 Å². The highest BCUT2D eigenvalue weighted by atomic mass is 32.2. The summed E-state index contributed by atoms with van der Waals surface area (Å²) in [6.45, 7) is 0. The number of sulfonamides is 1. The first-order valence-electron chi connectivity index (χ1n) is 9.19. The predicted octanol–water partition coefficient (Wildman–Crippen LogP) is 0.380. The Hall–Kier alpha value is -3.16. The van der Waals surface area contributed by atoms with E-state index in [0.717, 1.165) is 5.69 Å². The molecule has 1 aliphatic heterocycles. The van der Waals surface area contributed by atoms with Crippen molar-refractivity contribution in [3.05, 3.63) is 60.4 Å². The van der Waals surface area contributed by atoms with E-state index >= 15 is 0 Å². The van der Waals surface area contributed by atoms with Gasteiger partial charge in [-0.3, -0.25) is 4.79 Å². The minimum absolute atomic E-state index is 0.0317. The van der Waals surface area contributed by atoms with Crippen molar-refractivity contribution in [2.45, 2.75) is 17.4 Å². The SMILES string of the molecule is O=C(Nc1ccc(-n2cnnn2)cc1)c1ccc(S(=O)(=O)NC2CCS(=O)(=O)C2)cc1. The molecule has 1 unspecified atom stereocenters. The second-order valence-corrected chi connectivity index (χ2v) is 10.9. The summed E-state index contributed by atoms with van der Waals surface area (Å²) in [5, 5.41) is 13.6. The fraction of sp³-hybridized carbons (Fsp3) is 0.222. The van der Waals surface area contributed by atoms with Crippen LogP contribution >= 0.6 is 0 Å². The predicted molar refractivity (Wildman–Crippen MR) is 111 cm³/mol.